The van der Waals surface area contributed by atoms with Crippen LogP contribution in [0.25, 0.3) is 0 Å². The zero-order chi connectivity index (χ0) is 13.8. The van der Waals surface area contributed by atoms with E-state index in [-0.39, 0.29) is 0 Å². The molecule has 3 nitrogen and oxygen atoms in total. The fraction of sp³-hybridized carbons (Fsp3) is 0.600. The van der Waals surface area contributed by atoms with Gasteiger partial charge in [0.05, 0.1) is 10.7 Å². The molecule has 1 aliphatic heterocycles. The Morgan fingerprint density at radius 2 is 1.79 bits per heavy atom. The van der Waals surface area contributed by atoms with Gasteiger partial charge in [-0.2, -0.15) is 0 Å². The van der Waals surface area contributed by atoms with Crippen molar-refractivity contribution in [3.05, 3.63) is 29.3 Å². The highest BCUT2D eigenvalue weighted by molar-refractivity contribution is 6.33. The van der Waals surface area contributed by atoms with Crippen molar-refractivity contribution in [2.75, 3.05) is 37.6 Å². The summed E-state index contributed by atoms with van der Waals surface area (Å²) in [6, 6.07) is 8.64. The van der Waals surface area contributed by atoms with E-state index >= 15 is 0 Å². The van der Waals surface area contributed by atoms with Crippen LogP contribution in [-0.2, 0) is 0 Å². The Balaban J connectivity index is 1.94. The van der Waals surface area contributed by atoms with Crippen molar-refractivity contribution in [2.45, 2.75) is 19.9 Å². The van der Waals surface area contributed by atoms with Crippen molar-refractivity contribution < 1.29 is 0 Å². The van der Waals surface area contributed by atoms with Crippen molar-refractivity contribution >= 4 is 17.3 Å². The van der Waals surface area contributed by atoms with Crippen molar-refractivity contribution in [3.8, 4) is 0 Å². The van der Waals surface area contributed by atoms with Crippen LogP contribution in [0.2, 0.25) is 5.02 Å². The lowest BCUT2D eigenvalue weighted by atomic mass is 10.0. The van der Waals surface area contributed by atoms with Crippen molar-refractivity contribution in [1.29, 1.82) is 0 Å². The molecule has 0 bridgehead atoms. The van der Waals surface area contributed by atoms with E-state index < -0.39 is 0 Å². The second-order valence-corrected chi connectivity index (χ2v) is 5.84. The Labute approximate surface area is 121 Å². The normalized spacial score (nSPS) is 20.3. The maximum absolute atomic E-state index is 6.26. The van der Waals surface area contributed by atoms with Gasteiger partial charge < -0.3 is 10.6 Å². The van der Waals surface area contributed by atoms with Gasteiger partial charge in [0, 0.05) is 32.2 Å². The van der Waals surface area contributed by atoms with Crippen LogP contribution < -0.4 is 10.6 Å². The lowest BCUT2D eigenvalue weighted by molar-refractivity contribution is 0.155. The molecule has 2 unspecified atom stereocenters. The van der Waals surface area contributed by atoms with E-state index in [0.717, 1.165) is 43.4 Å². The number of benzene rings is 1. The largest absolute Gasteiger partial charge is 0.368 e. The van der Waals surface area contributed by atoms with Crippen LogP contribution in [0.3, 0.4) is 0 Å². The van der Waals surface area contributed by atoms with Crippen LogP contribution in [0.4, 0.5) is 5.69 Å². The van der Waals surface area contributed by atoms with Crippen molar-refractivity contribution in [3.63, 3.8) is 0 Å². The zero-order valence-electron chi connectivity index (χ0n) is 11.8. The van der Waals surface area contributed by atoms with Crippen LogP contribution in [0.15, 0.2) is 24.3 Å². The van der Waals surface area contributed by atoms with Gasteiger partial charge in [0.15, 0.2) is 0 Å². The molecule has 1 saturated heterocycles. The molecule has 1 aromatic rings. The molecule has 0 spiro atoms. The number of anilines is 1. The first-order valence-electron chi connectivity index (χ1n) is 7.07. The molecule has 0 radical (unpaired) electrons. The van der Waals surface area contributed by atoms with Crippen LogP contribution >= 0.6 is 11.6 Å². The number of para-hydroxylation sites is 1. The Morgan fingerprint density at radius 1 is 1.16 bits per heavy atom. The minimum atomic E-state index is 0.548. The van der Waals surface area contributed by atoms with Crippen LogP contribution in [0.5, 0.6) is 0 Å². The van der Waals surface area contributed by atoms with Gasteiger partial charge in [-0.05, 0) is 31.5 Å². The predicted molar refractivity (Wildman–Crippen MR) is 82.9 cm³/mol. The third-order valence-corrected chi connectivity index (χ3v) is 4.60. The van der Waals surface area contributed by atoms with Gasteiger partial charge >= 0.3 is 0 Å². The van der Waals surface area contributed by atoms with E-state index in [9.17, 15) is 0 Å². The minimum Gasteiger partial charge on any atom is -0.368 e. The molecule has 1 fully saturated rings. The predicted octanol–water partition coefficient (Wildman–Crippen LogP) is 2.45. The highest BCUT2D eigenvalue weighted by Crippen LogP contribution is 2.26. The smallest absolute Gasteiger partial charge is 0.0639 e. The summed E-state index contributed by atoms with van der Waals surface area (Å²) in [5.74, 6) is 0.548. The second-order valence-electron chi connectivity index (χ2n) is 5.43. The zero-order valence-corrected chi connectivity index (χ0v) is 12.6. The fourth-order valence-corrected chi connectivity index (χ4v) is 2.89. The van der Waals surface area contributed by atoms with E-state index in [1.807, 2.05) is 18.2 Å². The average Bonchev–Trinajstić information content (AvgIpc) is 2.46. The molecule has 19 heavy (non-hydrogen) atoms. The summed E-state index contributed by atoms with van der Waals surface area (Å²) in [7, 11) is 0. The number of nitrogens with zero attached hydrogens (tertiary/aromatic N) is 2. The van der Waals surface area contributed by atoms with Crippen LogP contribution in [0, 0.1) is 5.92 Å². The second kappa shape index (κ2) is 6.60. The number of rotatable bonds is 4. The van der Waals surface area contributed by atoms with Gasteiger partial charge in [-0.25, -0.2) is 0 Å². The monoisotopic (exact) mass is 281 g/mol. The number of nitrogens with two attached hydrogens (primary N) is 1. The maximum Gasteiger partial charge on any atom is 0.0639 e. The van der Waals surface area contributed by atoms with E-state index in [2.05, 4.69) is 29.7 Å². The average molecular weight is 282 g/mol. The van der Waals surface area contributed by atoms with Gasteiger partial charge in [-0.1, -0.05) is 30.7 Å². The molecule has 2 N–H and O–H groups in total. The van der Waals surface area contributed by atoms with E-state index in [1.54, 1.807) is 0 Å². The first-order chi connectivity index (χ1) is 9.13. The molecule has 0 aliphatic carbocycles. The van der Waals surface area contributed by atoms with Gasteiger partial charge in [0.25, 0.3) is 0 Å². The topological polar surface area (TPSA) is 32.5 Å². The Bertz CT molecular complexity index is 402. The molecule has 106 valence electrons. The lowest BCUT2D eigenvalue weighted by Crippen LogP contribution is -2.52. The SMILES string of the molecule is CC(CN)C(C)N1CCN(c2ccccc2Cl)CC1. The summed E-state index contributed by atoms with van der Waals surface area (Å²) in [6.45, 7) is 9.49. The summed E-state index contributed by atoms with van der Waals surface area (Å²) < 4.78 is 0. The molecule has 0 saturated carbocycles. The minimum absolute atomic E-state index is 0.548. The van der Waals surface area contributed by atoms with Crippen molar-refractivity contribution in [1.82, 2.24) is 4.90 Å². The third kappa shape index (κ3) is 3.41. The quantitative estimate of drug-likeness (QED) is 0.920. The van der Waals surface area contributed by atoms with Crippen LogP contribution in [0.1, 0.15) is 13.8 Å². The summed E-state index contributed by atoms with van der Waals surface area (Å²) in [5, 5.41) is 0.847. The molecule has 4 heteroatoms. The van der Waals surface area contributed by atoms with E-state index in [1.165, 1.54) is 0 Å². The summed E-state index contributed by atoms with van der Waals surface area (Å²) in [4.78, 5) is 4.91. The molecule has 0 aromatic heterocycles. The third-order valence-electron chi connectivity index (χ3n) is 4.28. The molecule has 1 aliphatic rings. The van der Waals surface area contributed by atoms with Crippen LogP contribution in [-0.4, -0.2) is 43.7 Å². The molecule has 0 amide bonds. The standard InChI is InChI=1S/C15H24ClN3/c1-12(11-17)13(2)18-7-9-19(10-8-18)15-6-4-3-5-14(15)16/h3-6,12-13H,7-11,17H2,1-2H3. The Kier molecular flexibility index (Phi) is 5.08. The first kappa shape index (κ1) is 14.6. The summed E-state index contributed by atoms with van der Waals surface area (Å²) >= 11 is 6.26. The number of halogens is 1. The molecular formula is C15H24ClN3. The number of hydrogen-bond donors (Lipinski definition) is 1. The van der Waals surface area contributed by atoms with E-state index in [0.29, 0.717) is 12.0 Å². The molecule has 2 rings (SSSR count). The number of piperazine rings is 1. The number of hydrogen-bond acceptors (Lipinski definition) is 3. The summed E-state index contributed by atoms with van der Waals surface area (Å²) in [6.07, 6.45) is 0. The van der Waals surface area contributed by atoms with Gasteiger partial charge in [-0.15, -0.1) is 0 Å². The fourth-order valence-electron chi connectivity index (χ4n) is 2.64. The van der Waals surface area contributed by atoms with Gasteiger partial charge in [0.1, 0.15) is 0 Å². The van der Waals surface area contributed by atoms with Gasteiger partial charge in [0.2, 0.25) is 0 Å². The Hall–Kier alpha value is -0.770. The lowest BCUT2D eigenvalue weighted by Gasteiger charge is -2.41. The van der Waals surface area contributed by atoms with Crippen molar-refractivity contribution in [2.24, 2.45) is 11.7 Å². The first-order valence-corrected chi connectivity index (χ1v) is 7.45. The maximum atomic E-state index is 6.26. The molecule has 1 aromatic carbocycles. The van der Waals surface area contributed by atoms with Gasteiger partial charge in [-0.3, -0.25) is 4.90 Å². The van der Waals surface area contributed by atoms with E-state index in [4.69, 9.17) is 17.3 Å². The molecule has 1 heterocycles. The Morgan fingerprint density at radius 3 is 2.37 bits per heavy atom. The molecular weight excluding hydrogens is 258 g/mol. The molecule has 2 atom stereocenters. The summed E-state index contributed by atoms with van der Waals surface area (Å²) in [5.41, 5.74) is 6.92. The highest BCUT2D eigenvalue weighted by atomic mass is 35.5. The highest BCUT2D eigenvalue weighted by Gasteiger charge is 2.24.